The van der Waals surface area contributed by atoms with E-state index in [-0.39, 0.29) is 17.7 Å². The van der Waals surface area contributed by atoms with Crippen molar-refractivity contribution >= 4 is 11.8 Å². The van der Waals surface area contributed by atoms with Gasteiger partial charge in [0.15, 0.2) is 0 Å². The van der Waals surface area contributed by atoms with Gasteiger partial charge in [0, 0.05) is 32.0 Å². The number of fused-ring (bicyclic) bond motifs is 1. The highest BCUT2D eigenvalue weighted by Gasteiger charge is 2.43. The van der Waals surface area contributed by atoms with Crippen molar-refractivity contribution in [2.24, 2.45) is 17.8 Å². The zero-order valence-electron chi connectivity index (χ0n) is 8.74. The summed E-state index contributed by atoms with van der Waals surface area (Å²) in [6.07, 6.45) is 3.14. The van der Waals surface area contributed by atoms with Gasteiger partial charge in [0.1, 0.15) is 0 Å². The van der Waals surface area contributed by atoms with E-state index in [0.717, 1.165) is 13.1 Å². The molecular weight excluding hydrogens is 192 g/mol. The monoisotopic (exact) mass is 208 g/mol. The molecule has 2 amide bonds. The second-order valence-electron chi connectivity index (χ2n) is 5.06. The average Bonchev–Trinajstić information content (AvgIpc) is 2.79. The first-order valence-electron chi connectivity index (χ1n) is 5.79. The Morgan fingerprint density at radius 2 is 2.20 bits per heavy atom. The van der Waals surface area contributed by atoms with Crippen LogP contribution in [0, 0.1) is 17.8 Å². The number of likely N-dealkylation sites (tertiary alicyclic amines) is 1. The van der Waals surface area contributed by atoms with E-state index in [2.05, 4.69) is 5.32 Å². The van der Waals surface area contributed by atoms with Gasteiger partial charge in [0.25, 0.3) is 0 Å². The minimum absolute atomic E-state index is 0.0770. The third-order valence-electron chi connectivity index (χ3n) is 3.83. The van der Waals surface area contributed by atoms with Crippen LogP contribution < -0.4 is 5.32 Å². The molecular formula is C11H16N2O2. The quantitative estimate of drug-likeness (QED) is 0.694. The van der Waals surface area contributed by atoms with Crippen LogP contribution >= 0.6 is 0 Å². The second kappa shape index (κ2) is 3.22. The molecule has 0 aromatic carbocycles. The lowest BCUT2D eigenvalue weighted by Crippen LogP contribution is -2.33. The predicted octanol–water partition coefficient (Wildman–Crippen LogP) is -0.00910. The van der Waals surface area contributed by atoms with Crippen molar-refractivity contribution in [2.75, 3.05) is 19.6 Å². The molecule has 2 heterocycles. The van der Waals surface area contributed by atoms with E-state index in [9.17, 15) is 9.59 Å². The van der Waals surface area contributed by atoms with Crippen molar-refractivity contribution in [2.45, 2.75) is 19.3 Å². The van der Waals surface area contributed by atoms with Gasteiger partial charge in [-0.1, -0.05) is 0 Å². The molecule has 3 fully saturated rings. The molecule has 0 bridgehead atoms. The normalized spacial score (nSPS) is 34.1. The number of hydrogen-bond acceptors (Lipinski definition) is 2. The van der Waals surface area contributed by atoms with Crippen LogP contribution in [0.2, 0.25) is 0 Å². The molecule has 4 heteroatoms. The summed E-state index contributed by atoms with van der Waals surface area (Å²) in [5.74, 6) is 1.50. The van der Waals surface area contributed by atoms with Gasteiger partial charge in [-0.05, 0) is 18.8 Å². The van der Waals surface area contributed by atoms with Gasteiger partial charge >= 0.3 is 0 Å². The van der Waals surface area contributed by atoms with Crippen molar-refractivity contribution in [3.8, 4) is 0 Å². The van der Waals surface area contributed by atoms with E-state index in [0.29, 0.717) is 24.8 Å². The summed E-state index contributed by atoms with van der Waals surface area (Å²) in [6, 6.07) is 0. The lowest BCUT2D eigenvalue weighted by molar-refractivity contribution is -0.131. The molecule has 82 valence electrons. The molecule has 0 radical (unpaired) electrons. The van der Waals surface area contributed by atoms with Crippen LogP contribution in [-0.2, 0) is 9.59 Å². The molecule has 0 aromatic heterocycles. The van der Waals surface area contributed by atoms with Crippen LogP contribution in [-0.4, -0.2) is 36.3 Å². The second-order valence-corrected chi connectivity index (χ2v) is 5.06. The van der Waals surface area contributed by atoms with Crippen molar-refractivity contribution in [1.29, 1.82) is 0 Å². The summed E-state index contributed by atoms with van der Waals surface area (Å²) < 4.78 is 0. The molecule has 0 unspecified atom stereocenters. The fraction of sp³-hybridized carbons (Fsp3) is 0.818. The predicted molar refractivity (Wildman–Crippen MR) is 53.9 cm³/mol. The van der Waals surface area contributed by atoms with Crippen LogP contribution in [0.3, 0.4) is 0 Å². The van der Waals surface area contributed by atoms with E-state index in [1.807, 2.05) is 4.90 Å². The van der Waals surface area contributed by atoms with E-state index in [4.69, 9.17) is 0 Å². The molecule has 1 N–H and O–H groups in total. The van der Waals surface area contributed by atoms with Gasteiger partial charge in [-0.15, -0.1) is 0 Å². The van der Waals surface area contributed by atoms with Crippen LogP contribution in [0.25, 0.3) is 0 Å². The fourth-order valence-corrected chi connectivity index (χ4v) is 2.64. The van der Waals surface area contributed by atoms with Gasteiger partial charge in [-0.3, -0.25) is 9.59 Å². The number of hydrogen-bond donors (Lipinski definition) is 1. The SMILES string of the molecule is O=C1NC[C@H]2CN(C(=O)CC3CC3)C[C@@H]12. The molecule has 3 rings (SSSR count). The Morgan fingerprint density at radius 1 is 1.40 bits per heavy atom. The number of nitrogens with one attached hydrogen (secondary N) is 1. The summed E-state index contributed by atoms with van der Waals surface area (Å²) >= 11 is 0. The van der Waals surface area contributed by atoms with Gasteiger partial charge in [-0.25, -0.2) is 0 Å². The molecule has 1 aliphatic carbocycles. The number of rotatable bonds is 2. The maximum absolute atomic E-state index is 11.8. The smallest absolute Gasteiger partial charge is 0.225 e. The highest BCUT2D eigenvalue weighted by Crippen LogP contribution is 2.34. The highest BCUT2D eigenvalue weighted by molar-refractivity contribution is 5.84. The molecule has 2 aliphatic heterocycles. The minimum Gasteiger partial charge on any atom is -0.355 e. The summed E-state index contributed by atoms with van der Waals surface area (Å²) in [7, 11) is 0. The summed E-state index contributed by atoms with van der Waals surface area (Å²) in [4.78, 5) is 25.1. The van der Waals surface area contributed by atoms with Crippen molar-refractivity contribution in [3.63, 3.8) is 0 Å². The molecule has 3 aliphatic rings. The lowest BCUT2D eigenvalue weighted by atomic mass is 10.0. The Labute approximate surface area is 89.0 Å². The standard InChI is InChI=1S/C11H16N2O2/c14-10(3-7-1-2-7)13-5-8-4-12-11(15)9(8)6-13/h7-9H,1-6H2,(H,12,15)/t8-,9+/m0/s1. The topological polar surface area (TPSA) is 49.4 Å². The number of amides is 2. The molecule has 0 aromatic rings. The minimum atomic E-state index is 0.0770. The van der Waals surface area contributed by atoms with Gasteiger partial charge in [0.05, 0.1) is 5.92 Å². The number of carbonyl (C=O) groups is 2. The third-order valence-corrected chi connectivity index (χ3v) is 3.83. The molecule has 0 spiro atoms. The van der Waals surface area contributed by atoms with Crippen LogP contribution in [0.5, 0.6) is 0 Å². The molecule has 2 saturated heterocycles. The Bertz CT molecular complexity index is 312. The lowest BCUT2D eigenvalue weighted by Gasteiger charge is -2.16. The Balaban J connectivity index is 1.60. The van der Waals surface area contributed by atoms with Crippen LogP contribution in [0.4, 0.5) is 0 Å². The van der Waals surface area contributed by atoms with Crippen molar-refractivity contribution < 1.29 is 9.59 Å². The molecule has 4 nitrogen and oxygen atoms in total. The summed E-state index contributed by atoms with van der Waals surface area (Å²) in [5, 5.41) is 2.86. The largest absolute Gasteiger partial charge is 0.355 e. The Hall–Kier alpha value is -1.06. The Kier molecular flexibility index (Phi) is 1.97. The third kappa shape index (κ3) is 1.62. The summed E-state index contributed by atoms with van der Waals surface area (Å²) in [5.41, 5.74) is 0. The van der Waals surface area contributed by atoms with E-state index in [1.54, 1.807) is 0 Å². The van der Waals surface area contributed by atoms with Crippen molar-refractivity contribution in [1.82, 2.24) is 10.2 Å². The maximum atomic E-state index is 11.8. The first-order valence-corrected chi connectivity index (χ1v) is 5.79. The first kappa shape index (κ1) is 9.19. The molecule has 2 atom stereocenters. The fourth-order valence-electron chi connectivity index (χ4n) is 2.64. The highest BCUT2D eigenvalue weighted by atomic mass is 16.2. The number of carbonyl (C=O) groups excluding carboxylic acids is 2. The zero-order valence-corrected chi connectivity index (χ0v) is 8.74. The molecule has 15 heavy (non-hydrogen) atoms. The van der Waals surface area contributed by atoms with E-state index >= 15 is 0 Å². The average molecular weight is 208 g/mol. The van der Waals surface area contributed by atoms with E-state index < -0.39 is 0 Å². The van der Waals surface area contributed by atoms with Crippen LogP contribution in [0.15, 0.2) is 0 Å². The van der Waals surface area contributed by atoms with Gasteiger partial charge < -0.3 is 10.2 Å². The van der Waals surface area contributed by atoms with Crippen molar-refractivity contribution in [3.05, 3.63) is 0 Å². The zero-order chi connectivity index (χ0) is 10.4. The molecule has 1 saturated carbocycles. The summed E-state index contributed by atoms with van der Waals surface area (Å²) in [6.45, 7) is 2.20. The van der Waals surface area contributed by atoms with Gasteiger partial charge in [0.2, 0.25) is 11.8 Å². The number of nitrogens with zero attached hydrogens (tertiary/aromatic N) is 1. The Morgan fingerprint density at radius 3 is 2.87 bits per heavy atom. The van der Waals surface area contributed by atoms with E-state index in [1.165, 1.54) is 12.8 Å². The van der Waals surface area contributed by atoms with Crippen LogP contribution in [0.1, 0.15) is 19.3 Å². The van der Waals surface area contributed by atoms with Gasteiger partial charge in [-0.2, -0.15) is 0 Å². The maximum Gasteiger partial charge on any atom is 0.225 e. The first-order chi connectivity index (χ1) is 7.24.